The molecule has 1 aromatic heterocycles. The van der Waals surface area contributed by atoms with Gasteiger partial charge in [-0.05, 0) is 62.9 Å². The van der Waals surface area contributed by atoms with Gasteiger partial charge in [-0.1, -0.05) is 18.2 Å². The second-order valence-electron chi connectivity index (χ2n) is 6.94. The molecule has 2 rings (SSSR count). The molecule has 0 saturated carbocycles. The van der Waals surface area contributed by atoms with E-state index < -0.39 is 5.60 Å². The number of benzene rings is 1. The summed E-state index contributed by atoms with van der Waals surface area (Å²) in [6.07, 6.45) is 3.15. The van der Waals surface area contributed by atoms with E-state index in [1.54, 1.807) is 32.0 Å². The molecule has 0 aliphatic rings. The Morgan fingerprint density at radius 3 is 2.67 bits per heavy atom. The lowest BCUT2D eigenvalue weighted by atomic mass is 9.98. The average Bonchev–Trinajstić information content (AvgIpc) is 2.54. The van der Waals surface area contributed by atoms with Crippen molar-refractivity contribution in [3.05, 3.63) is 65.0 Å². The van der Waals surface area contributed by atoms with Gasteiger partial charge in [-0.25, -0.2) is 0 Å². The number of hydrogen-bond donors (Lipinski definition) is 1. The van der Waals surface area contributed by atoms with Gasteiger partial charge in [-0.2, -0.15) is 0 Å². The molecule has 4 heteroatoms. The summed E-state index contributed by atoms with van der Waals surface area (Å²) >= 11 is 0. The second-order valence-corrected chi connectivity index (χ2v) is 6.94. The van der Waals surface area contributed by atoms with Crippen LogP contribution in [0.3, 0.4) is 0 Å². The van der Waals surface area contributed by atoms with Crippen molar-refractivity contribution in [1.82, 2.24) is 9.88 Å². The van der Waals surface area contributed by atoms with Crippen LogP contribution in [-0.4, -0.2) is 33.5 Å². The lowest BCUT2D eigenvalue weighted by molar-refractivity contribution is 0.0714. The van der Waals surface area contributed by atoms with Crippen molar-refractivity contribution < 1.29 is 9.90 Å². The van der Waals surface area contributed by atoms with Crippen LogP contribution in [0.5, 0.6) is 0 Å². The first kappa shape index (κ1) is 18.1. The fourth-order valence-electron chi connectivity index (χ4n) is 2.51. The molecule has 128 valence electrons. The van der Waals surface area contributed by atoms with E-state index in [0.717, 1.165) is 23.2 Å². The topological polar surface area (TPSA) is 53.4 Å². The Labute approximate surface area is 144 Å². The Kier molecular flexibility index (Phi) is 5.73. The molecule has 0 atom stereocenters. The molecule has 1 heterocycles. The van der Waals surface area contributed by atoms with E-state index in [0.29, 0.717) is 18.5 Å². The fraction of sp³-hybridized carbons (Fsp3) is 0.400. The molecular formula is C20H26N2O2. The van der Waals surface area contributed by atoms with Crippen molar-refractivity contribution in [3.8, 4) is 0 Å². The van der Waals surface area contributed by atoms with E-state index in [2.05, 4.69) is 4.98 Å². The molecule has 24 heavy (non-hydrogen) atoms. The van der Waals surface area contributed by atoms with Crippen molar-refractivity contribution in [2.45, 2.75) is 45.8 Å². The largest absolute Gasteiger partial charge is 0.390 e. The van der Waals surface area contributed by atoms with Crippen LogP contribution in [0.15, 0.2) is 42.6 Å². The Bertz CT molecular complexity index is 705. The number of aromatic nitrogens is 1. The highest BCUT2D eigenvalue weighted by Gasteiger charge is 2.15. The SMILES string of the molecule is Cc1cccnc1CN(C)C(=O)c1cccc(CCC(C)(C)O)c1. The first-order valence-corrected chi connectivity index (χ1v) is 8.23. The highest BCUT2D eigenvalue weighted by atomic mass is 16.3. The predicted octanol–water partition coefficient (Wildman–Crippen LogP) is 3.37. The maximum atomic E-state index is 12.7. The van der Waals surface area contributed by atoms with Crippen LogP contribution in [0.2, 0.25) is 0 Å². The van der Waals surface area contributed by atoms with Crippen LogP contribution < -0.4 is 0 Å². The summed E-state index contributed by atoms with van der Waals surface area (Å²) in [5, 5.41) is 9.85. The summed E-state index contributed by atoms with van der Waals surface area (Å²) in [4.78, 5) is 18.7. The zero-order valence-electron chi connectivity index (χ0n) is 14.9. The van der Waals surface area contributed by atoms with Gasteiger partial charge in [0.15, 0.2) is 0 Å². The van der Waals surface area contributed by atoms with E-state index in [4.69, 9.17) is 0 Å². The zero-order chi connectivity index (χ0) is 17.7. The number of aliphatic hydroxyl groups is 1. The minimum absolute atomic E-state index is 0.0230. The quantitative estimate of drug-likeness (QED) is 0.885. The third-order valence-corrected chi connectivity index (χ3v) is 4.05. The lowest BCUT2D eigenvalue weighted by Gasteiger charge is -2.19. The van der Waals surface area contributed by atoms with Gasteiger partial charge in [0.2, 0.25) is 0 Å². The number of carbonyl (C=O) groups excluding carboxylic acids is 1. The van der Waals surface area contributed by atoms with Crippen LogP contribution >= 0.6 is 0 Å². The standard InChI is InChI=1S/C20H26N2O2/c1-15-7-6-12-21-18(15)14-22(4)19(23)17-9-5-8-16(13-17)10-11-20(2,3)24/h5-9,12-13,24H,10-11,14H2,1-4H3. The molecule has 0 bridgehead atoms. The zero-order valence-corrected chi connectivity index (χ0v) is 14.9. The summed E-state index contributed by atoms with van der Waals surface area (Å²) in [6.45, 7) is 6.08. The normalized spacial score (nSPS) is 11.4. The molecule has 1 aromatic carbocycles. The number of amides is 1. The minimum Gasteiger partial charge on any atom is -0.390 e. The van der Waals surface area contributed by atoms with E-state index in [-0.39, 0.29) is 5.91 Å². The number of rotatable bonds is 6. The van der Waals surface area contributed by atoms with E-state index in [9.17, 15) is 9.90 Å². The smallest absolute Gasteiger partial charge is 0.253 e. The minimum atomic E-state index is -0.701. The first-order chi connectivity index (χ1) is 11.3. The average molecular weight is 326 g/mol. The van der Waals surface area contributed by atoms with Crippen molar-refractivity contribution in [2.75, 3.05) is 7.05 Å². The van der Waals surface area contributed by atoms with E-state index >= 15 is 0 Å². The van der Waals surface area contributed by atoms with Gasteiger partial charge in [-0.15, -0.1) is 0 Å². The number of carbonyl (C=O) groups is 1. The van der Waals surface area contributed by atoms with Crippen LogP contribution in [0.25, 0.3) is 0 Å². The molecule has 0 radical (unpaired) electrons. The maximum absolute atomic E-state index is 12.7. The molecule has 0 aliphatic heterocycles. The van der Waals surface area contributed by atoms with Crippen molar-refractivity contribution in [3.63, 3.8) is 0 Å². The van der Waals surface area contributed by atoms with Gasteiger partial charge >= 0.3 is 0 Å². The molecule has 0 spiro atoms. The van der Waals surface area contributed by atoms with Gasteiger partial charge < -0.3 is 10.0 Å². The molecule has 0 aliphatic carbocycles. The third-order valence-electron chi connectivity index (χ3n) is 4.05. The summed E-state index contributed by atoms with van der Waals surface area (Å²) in [7, 11) is 1.79. The molecule has 0 fully saturated rings. The van der Waals surface area contributed by atoms with Gasteiger partial charge in [-0.3, -0.25) is 9.78 Å². The number of hydrogen-bond acceptors (Lipinski definition) is 3. The van der Waals surface area contributed by atoms with Crippen molar-refractivity contribution in [1.29, 1.82) is 0 Å². The number of pyridine rings is 1. The van der Waals surface area contributed by atoms with Crippen molar-refractivity contribution in [2.24, 2.45) is 0 Å². The predicted molar refractivity (Wildman–Crippen MR) is 95.8 cm³/mol. The monoisotopic (exact) mass is 326 g/mol. The Morgan fingerprint density at radius 2 is 2.00 bits per heavy atom. The molecule has 0 unspecified atom stereocenters. The van der Waals surface area contributed by atoms with Gasteiger partial charge in [0, 0.05) is 18.8 Å². The molecule has 0 saturated heterocycles. The number of aryl methyl sites for hydroxylation is 2. The van der Waals surface area contributed by atoms with Gasteiger partial charge in [0.1, 0.15) is 0 Å². The maximum Gasteiger partial charge on any atom is 0.253 e. The summed E-state index contributed by atoms with van der Waals surface area (Å²) in [6, 6.07) is 11.5. The highest BCUT2D eigenvalue weighted by Crippen LogP contribution is 2.16. The Morgan fingerprint density at radius 1 is 1.25 bits per heavy atom. The molecule has 1 N–H and O–H groups in total. The van der Waals surface area contributed by atoms with E-state index in [1.165, 1.54) is 0 Å². The summed E-state index contributed by atoms with van der Waals surface area (Å²) in [5.41, 5.74) is 3.01. The van der Waals surface area contributed by atoms with Crippen LogP contribution in [-0.2, 0) is 13.0 Å². The first-order valence-electron chi connectivity index (χ1n) is 8.23. The molecule has 1 amide bonds. The van der Waals surface area contributed by atoms with Crippen LogP contribution in [0.4, 0.5) is 0 Å². The van der Waals surface area contributed by atoms with Gasteiger partial charge in [0.05, 0.1) is 17.8 Å². The fourth-order valence-corrected chi connectivity index (χ4v) is 2.51. The third kappa shape index (κ3) is 5.17. The molecular weight excluding hydrogens is 300 g/mol. The summed E-state index contributed by atoms with van der Waals surface area (Å²) in [5.74, 6) is -0.0230. The Balaban J connectivity index is 2.07. The summed E-state index contributed by atoms with van der Waals surface area (Å²) < 4.78 is 0. The van der Waals surface area contributed by atoms with Crippen LogP contribution in [0.1, 0.15) is 47.4 Å². The second kappa shape index (κ2) is 7.58. The van der Waals surface area contributed by atoms with Gasteiger partial charge in [0.25, 0.3) is 5.91 Å². The highest BCUT2D eigenvalue weighted by molar-refractivity contribution is 5.94. The van der Waals surface area contributed by atoms with Crippen LogP contribution in [0, 0.1) is 6.92 Å². The van der Waals surface area contributed by atoms with Crippen molar-refractivity contribution >= 4 is 5.91 Å². The molecule has 2 aromatic rings. The lowest BCUT2D eigenvalue weighted by Crippen LogP contribution is -2.27. The molecule has 4 nitrogen and oxygen atoms in total. The Hall–Kier alpha value is -2.20. The van der Waals surface area contributed by atoms with E-state index in [1.807, 2.05) is 43.3 Å². The number of nitrogens with zero attached hydrogens (tertiary/aromatic N) is 2.